The highest BCUT2D eigenvalue weighted by Gasteiger charge is 2.32. The number of nitrogens with zero attached hydrogens (tertiary/aromatic N) is 3. The highest BCUT2D eigenvalue weighted by atomic mass is 16.2. The fraction of sp³-hybridized carbons (Fsp3) is 0.600. The normalized spacial score (nSPS) is 15.6. The van der Waals surface area contributed by atoms with Crippen molar-refractivity contribution >= 4 is 5.91 Å². The summed E-state index contributed by atoms with van der Waals surface area (Å²) in [6, 6.07) is 1.94. The number of carbonyl (C=O) groups is 1. The van der Waals surface area contributed by atoms with E-state index in [2.05, 4.69) is 5.10 Å². The molecule has 4 nitrogen and oxygen atoms in total. The van der Waals surface area contributed by atoms with Gasteiger partial charge < -0.3 is 4.90 Å². The van der Waals surface area contributed by atoms with Crippen LogP contribution in [-0.2, 0) is 18.4 Å². The van der Waals surface area contributed by atoms with Crippen LogP contribution < -0.4 is 0 Å². The maximum atomic E-state index is 11.6. The largest absolute Gasteiger partial charge is 0.340 e. The van der Waals surface area contributed by atoms with Gasteiger partial charge in [-0.3, -0.25) is 9.48 Å². The summed E-state index contributed by atoms with van der Waals surface area (Å²) in [6.45, 7) is 0.621. The zero-order chi connectivity index (χ0) is 10.1. The Morgan fingerprint density at radius 1 is 1.71 bits per heavy atom. The van der Waals surface area contributed by atoms with Crippen molar-refractivity contribution in [3.63, 3.8) is 0 Å². The van der Waals surface area contributed by atoms with Gasteiger partial charge >= 0.3 is 0 Å². The van der Waals surface area contributed by atoms with Crippen molar-refractivity contribution in [1.82, 2.24) is 14.7 Å². The summed E-state index contributed by atoms with van der Waals surface area (Å²) >= 11 is 0. The van der Waals surface area contributed by atoms with Crippen LogP contribution in [0.1, 0.15) is 18.5 Å². The second-order valence-electron chi connectivity index (χ2n) is 3.95. The van der Waals surface area contributed by atoms with E-state index in [4.69, 9.17) is 0 Å². The molecule has 2 rings (SSSR count). The van der Waals surface area contributed by atoms with E-state index in [9.17, 15) is 4.79 Å². The number of aromatic nitrogens is 2. The molecule has 76 valence electrons. The molecule has 0 atom stereocenters. The van der Waals surface area contributed by atoms with E-state index in [-0.39, 0.29) is 5.91 Å². The van der Waals surface area contributed by atoms with Gasteiger partial charge in [-0.1, -0.05) is 0 Å². The van der Waals surface area contributed by atoms with Gasteiger partial charge in [0.1, 0.15) is 0 Å². The predicted octanol–water partition coefficient (Wildman–Crippen LogP) is 0.788. The topological polar surface area (TPSA) is 38.1 Å². The zero-order valence-electron chi connectivity index (χ0n) is 8.60. The molecule has 0 unspecified atom stereocenters. The maximum Gasteiger partial charge on any atom is 0.225 e. The maximum absolute atomic E-state index is 11.6. The first-order valence-electron chi connectivity index (χ1n) is 4.90. The van der Waals surface area contributed by atoms with Gasteiger partial charge in [0.25, 0.3) is 0 Å². The third-order valence-corrected chi connectivity index (χ3v) is 2.47. The first kappa shape index (κ1) is 9.24. The molecule has 0 spiro atoms. The van der Waals surface area contributed by atoms with E-state index < -0.39 is 0 Å². The van der Waals surface area contributed by atoms with Crippen LogP contribution in [0.5, 0.6) is 0 Å². The molecule has 4 heteroatoms. The molecule has 1 aliphatic carbocycles. The van der Waals surface area contributed by atoms with Crippen molar-refractivity contribution < 1.29 is 4.79 Å². The van der Waals surface area contributed by atoms with Crippen molar-refractivity contribution in [2.24, 2.45) is 13.0 Å². The molecule has 0 saturated heterocycles. The molecule has 1 aromatic heterocycles. The average molecular weight is 193 g/mol. The van der Waals surface area contributed by atoms with Crippen LogP contribution in [-0.4, -0.2) is 27.6 Å². The van der Waals surface area contributed by atoms with Gasteiger partial charge in [0.2, 0.25) is 5.91 Å². The van der Waals surface area contributed by atoms with Crippen molar-refractivity contribution in [2.75, 3.05) is 7.05 Å². The Bertz CT molecular complexity index is 341. The lowest BCUT2D eigenvalue weighted by Crippen LogP contribution is -2.27. The molecular formula is C10H15N3O. The summed E-state index contributed by atoms with van der Waals surface area (Å²) in [6.07, 6.45) is 4.02. The quantitative estimate of drug-likeness (QED) is 0.711. The monoisotopic (exact) mass is 193 g/mol. The highest BCUT2D eigenvalue weighted by Crippen LogP contribution is 2.30. The number of hydrogen-bond acceptors (Lipinski definition) is 2. The first-order valence-corrected chi connectivity index (χ1v) is 4.90. The number of carbonyl (C=O) groups excluding carboxylic acids is 1. The summed E-state index contributed by atoms with van der Waals surface area (Å²) in [5.41, 5.74) is 0.948. The van der Waals surface area contributed by atoms with E-state index in [0.29, 0.717) is 12.5 Å². The highest BCUT2D eigenvalue weighted by molar-refractivity contribution is 5.80. The minimum Gasteiger partial charge on any atom is -0.340 e. The lowest BCUT2D eigenvalue weighted by Gasteiger charge is -2.14. The zero-order valence-corrected chi connectivity index (χ0v) is 8.60. The summed E-state index contributed by atoms with van der Waals surface area (Å²) in [7, 11) is 3.72. The minimum absolute atomic E-state index is 0.260. The molecule has 1 aliphatic rings. The van der Waals surface area contributed by atoms with E-state index in [1.54, 1.807) is 9.58 Å². The second-order valence-corrected chi connectivity index (χ2v) is 3.95. The van der Waals surface area contributed by atoms with Crippen LogP contribution in [0.2, 0.25) is 0 Å². The number of hydrogen-bond donors (Lipinski definition) is 0. The van der Waals surface area contributed by atoms with Gasteiger partial charge in [-0.15, -0.1) is 0 Å². The van der Waals surface area contributed by atoms with Crippen LogP contribution in [0.15, 0.2) is 12.3 Å². The fourth-order valence-electron chi connectivity index (χ4n) is 1.51. The lowest BCUT2D eigenvalue weighted by molar-refractivity contribution is -0.131. The van der Waals surface area contributed by atoms with E-state index in [0.717, 1.165) is 18.5 Å². The Balaban J connectivity index is 1.93. The minimum atomic E-state index is 0.260. The van der Waals surface area contributed by atoms with Gasteiger partial charge in [-0.2, -0.15) is 5.10 Å². The van der Waals surface area contributed by atoms with E-state index in [1.165, 1.54) is 0 Å². The van der Waals surface area contributed by atoms with Crippen LogP contribution in [0.4, 0.5) is 0 Å². The van der Waals surface area contributed by atoms with Gasteiger partial charge in [0.15, 0.2) is 0 Å². The van der Waals surface area contributed by atoms with Gasteiger partial charge in [-0.25, -0.2) is 0 Å². The average Bonchev–Trinajstić information content (AvgIpc) is 2.91. The molecule has 1 saturated carbocycles. The van der Waals surface area contributed by atoms with Gasteiger partial charge in [0.05, 0.1) is 12.2 Å². The lowest BCUT2D eigenvalue weighted by atomic mass is 10.3. The SMILES string of the molecule is CN(Cc1ccn(C)n1)C(=O)C1CC1. The smallest absolute Gasteiger partial charge is 0.225 e. The van der Waals surface area contributed by atoms with Crippen LogP contribution in [0.25, 0.3) is 0 Å². The molecule has 1 amide bonds. The molecule has 0 bridgehead atoms. The number of aryl methyl sites for hydroxylation is 1. The summed E-state index contributed by atoms with van der Waals surface area (Å²) < 4.78 is 1.75. The van der Waals surface area contributed by atoms with Crippen molar-refractivity contribution in [3.8, 4) is 0 Å². The standard InChI is InChI=1S/C10H15N3O/c1-12(10(14)8-3-4-8)7-9-5-6-13(2)11-9/h5-6,8H,3-4,7H2,1-2H3. The number of rotatable bonds is 3. The second kappa shape index (κ2) is 3.44. The fourth-order valence-corrected chi connectivity index (χ4v) is 1.51. The molecule has 0 aromatic carbocycles. The van der Waals surface area contributed by atoms with Crippen LogP contribution >= 0.6 is 0 Å². The van der Waals surface area contributed by atoms with E-state index >= 15 is 0 Å². The summed E-state index contributed by atoms with van der Waals surface area (Å²) in [5.74, 6) is 0.555. The molecular weight excluding hydrogens is 178 g/mol. The third kappa shape index (κ3) is 1.95. The molecule has 14 heavy (non-hydrogen) atoms. The van der Waals surface area contributed by atoms with Crippen LogP contribution in [0, 0.1) is 5.92 Å². The Labute approximate surface area is 83.5 Å². The summed E-state index contributed by atoms with van der Waals surface area (Å²) in [5, 5.41) is 4.24. The molecule has 0 aliphatic heterocycles. The Morgan fingerprint density at radius 3 is 2.93 bits per heavy atom. The van der Waals surface area contributed by atoms with Crippen LogP contribution in [0.3, 0.4) is 0 Å². The van der Waals surface area contributed by atoms with Crippen molar-refractivity contribution in [1.29, 1.82) is 0 Å². The van der Waals surface area contributed by atoms with E-state index in [1.807, 2.05) is 26.4 Å². The summed E-state index contributed by atoms with van der Waals surface area (Å²) in [4.78, 5) is 13.4. The molecule has 1 aromatic rings. The Kier molecular flexibility index (Phi) is 2.27. The van der Waals surface area contributed by atoms with Gasteiger partial charge in [0, 0.05) is 26.2 Å². The molecule has 0 radical (unpaired) electrons. The molecule has 0 N–H and O–H groups in total. The Hall–Kier alpha value is -1.32. The molecule has 1 fully saturated rings. The van der Waals surface area contributed by atoms with Gasteiger partial charge in [-0.05, 0) is 18.9 Å². The number of amides is 1. The predicted molar refractivity (Wildman–Crippen MR) is 52.4 cm³/mol. The first-order chi connectivity index (χ1) is 6.66. The third-order valence-electron chi connectivity index (χ3n) is 2.47. The Morgan fingerprint density at radius 2 is 2.43 bits per heavy atom. The van der Waals surface area contributed by atoms with Crippen molar-refractivity contribution in [2.45, 2.75) is 19.4 Å². The molecule has 1 heterocycles. The van der Waals surface area contributed by atoms with Crippen molar-refractivity contribution in [3.05, 3.63) is 18.0 Å².